The summed E-state index contributed by atoms with van der Waals surface area (Å²) in [6.45, 7) is 1.96. The quantitative estimate of drug-likeness (QED) is 0.878. The lowest BCUT2D eigenvalue weighted by Gasteiger charge is -2.35. The van der Waals surface area contributed by atoms with Gasteiger partial charge in [-0.15, -0.1) is 0 Å². The second kappa shape index (κ2) is 7.08. The molecule has 114 valence electrons. The molecule has 1 aliphatic heterocycles. The summed E-state index contributed by atoms with van der Waals surface area (Å²) in [6, 6.07) is 9.17. The van der Waals surface area contributed by atoms with Crippen molar-refractivity contribution >= 4 is 12.0 Å². The zero-order valence-electron chi connectivity index (χ0n) is 12.2. The van der Waals surface area contributed by atoms with Crippen LogP contribution >= 0.6 is 0 Å². The highest BCUT2D eigenvalue weighted by Gasteiger charge is 2.27. The zero-order chi connectivity index (χ0) is 15.2. The fourth-order valence-electron chi connectivity index (χ4n) is 2.43. The third-order valence-corrected chi connectivity index (χ3v) is 3.64. The van der Waals surface area contributed by atoms with Crippen molar-refractivity contribution < 1.29 is 14.3 Å². The summed E-state index contributed by atoms with van der Waals surface area (Å²) in [5.41, 5.74) is 7.05. The maximum Gasteiger partial charge on any atom is 0.409 e. The summed E-state index contributed by atoms with van der Waals surface area (Å²) in [7, 11) is 1.36. The Balaban J connectivity index is 1.85. The summed E-state index contributed by atoms with van der Waals surface area (Å²) in [6.07, 6.45) is 0.173. The fourth-order valence-corrected chi connectivity index (χ4v) is 2.43. The van der Waals surface area contributed by atoms with E-state index in [1.807, 2.05) is 30.3 Å². The monoisotopic (exact) mass is 291 g/mol. The van der Waals surface area contributed by atoms with E-state index in [9.17, 15) is 9.59 Å². The van der Waals surface area contributed by atoms with Gasteiger partial charge in [0.1, 0.15) is 0 Å². The predicted molar refractivity (Wildman–Crippen MR) is 78.7 cm³/mol. The molecular weight excluding hydrogens is 270 g/mol. The van der Waals surface area contributed by atoms with E-state index < -0.39 is 6.04 Å². The van der Waals surface area contributed by atoms with Crippen LogP contribution in [-0.4, -0.2) is 61.1 Å². The van der Waals surface area contributed by atoms with Gasteiger partial charge in [0.25, 0.3) is 0 Å². The Morgan fingerprint density at radius 1 is 1.14 bits per heavy atom. The number of nitrogens with two attached hydrogens (primary N) is 1. The first-order valence-corrected chi connectivity index (χ1v) is 7.03. The van der Waals surface area contributed by atoms with Crippen molar-refractivity contribution in [2.75, 3.05) is 33.3 Å². The van der Waals surface area contributed by atoms with Crippen LogP contribution in [0.15, 0.2) is 30.3 Å². The number of hydrogen-bond donors (Lipinski definition) is 1. The first kappa shape index (κ1) is 15.3. The van der Waals surface area contributed by atoms with Gasteiger partial charge in [0, 0.05) is 26.2 Å². The van der Waals surface area contributed by atoms with Crippen LogP contribution in [0, 0.1) is 0 Å². The molecule has 2 rings (SSSR count). The molecule has 1 aliphatic rings. The van der Waals surface area contributed by atoms with Crippen LogP contribution in [0.1, 0.15) is 5.56 Å². The molecule has 1 aromatic rings. The predicted octanol–water partition coefficient (Wildman–Crippen LogP) is 0.467. The van der Waals surface area contributed by atoms with Crippen LogP contribution < -0.4 is 5.73 Å². The molecule has 2 N–H and O–H groups in total. The summed E-state index contributed by atoms with van der Waals surface area (Å²) in [5, 5.41) is 0. The van der Waals surface area contributed by atoms with Gasteiger partial charge >= 0.3 is 6.09 Å². The number of hydrogen-bond acceptors (Lipinski definition) is 4. The molecule has 0 aliphatic carbocycles. The van der Waals surface area contributed by atoms with Gasteiger partial charge in [-0.1, -0.05) is 30.3 Å². The highest BCUT2D eigenvalue weighted by molar-refractivity contribution is 5.82. The molecule has 0 bridgehead atoms. The van der Waals surface area contributed by atoms with Crippen LogP contribution in [0.4, 0.5) is 4.79 Å². The van der Waals surface area contributed by atoms with Crippen molar-refractivity contribution in [3.05, 3.63) is 35.9 Å². The minimum atomic E-state index is -0.544. The Morgan fingerprint density at radius 3 is 2.29 bits per heavy atom. The number of ether oxygens (including phenoxy) is 1. The maximum absolute atomic E-state index is 12.3. The zero-order valence-corrected chi connectivity index (χ0v) is 12.2. The molecule has 21 heavy (non-hydrogen) atoms. The topological polar surface area (TPSA) is 75.9 Å². The fraction of sp³-hybridized carbons (Fsp3) is 0.467. The molecule has 1 heterocycles. The van der Waals surface area contributed by atoms with Crippen molar-refractivity contribution in [1.82, 2.24) is 9.80 Å². The number of rotatable bonds is 3. The molecule has 6 heteroatoms. The Labute approximate surface area is 124 Å². The van der Waals surface area contributed by atoms with Crippen molar-refractivity contribution in [2.45, 2.75) is 12.5 Å². The molecule has 0 saturated carbocycles. The molecular formula is C15H21N3O3. The highest BCUT2D eigenvalue weighted by atomic mass is 16.5. The number of carbonyl (C=O) groups excluding carboxylic acids is 2. The number of amides is 2. The SMILES string of the molecule is COC(=O)N1CCN(C(=O)C(N)Cc2ccccc2)CC1. The minimum absolute atomic E-state index is 0.0663. The van der Waals surface area contributed by atoms with Crippen LogP contribution in [-0.2, 0) is 16.0 Å². The van der Waals surface area contributed by atoms with E-state index in [0.29, 0.717) is 32.6 Å². The van der Waals surface area contributed by atoms with Gasteiger partial charge < -0.3 is 20.3 Å². The second-order valence-electron chi connectivity index (χ2n) is 5.08. The number of nitrogens with zero attached hydrogens (tertiary/aromatic N) is 2. The van der Waals surface area contributed by atoms with E-state index in [4.69, 9.17) is 5.73 Å². The number of piperazine rings is 1. The number of benzene rings is 1. The highest BCUT2D eigenvalue weighted by Crippen LogP contribution is 2.08. The average molecular weight is 291 g/mol. The van der Waals surface area contributed by atoms with E-state index in [-0.39, 0.29) is 12.0 Å². The summed E-state index contributed by atoms with van der Waals surface area (Å²) in [4.78, 5) is 27.0. The molecule has 0 spiro atoms. The van der Waals surface area contributed by atoms with Crippen LogP contribution in [0.5, 0.6) is 0 Å². The van der Waals surface area contributed by atoms with Gasteiger partial charge in [-0.3, -0.25) is 4.79 Å². The van der Waals surface area contributed by atoms with Crippen molar-refractivity contribution in [3.8, 4) is 0 Å². The normalized spacial score (nSPS) is 16.5. The van der Waals surface area contributed by atoms with Crippen LogP contribution in [0.3, 0.4) is 0 Å². The molecule has 1 unspecified atom stereocenters. The van der Waals surface area contributed by atoms with Gasteiger partial charge in [-0.25, -0.2) is 4.79 Å². The van der Waals surface area contributed by atoms with Gasteiger partial charge in [-0.05, 0) is 12.0 Å². The maximum atomic E-state index is 12.3. The average Bonchev–Trinajstić information content (AvgIpc) is 2.54. The third kappa shape index (κ3) is 3.95. The summed E-state index contributed by atoms with van der Waals surface area (Å²) < 4.78 is 4.67. The van der Waals surface area contributed by atoms with E-state index in [0.717, 1.165) is 5.56 Å². The molecule has 1 atom stereocenters. The smallest absolute Gasteiger partial charge is 0.409 e. The van der Waals surface area contributed by atoms with Crippen molar-refractivity contribution in [3.63, 3.8) is 0 Å². The van der Waals surface area contributed by atoms with Crippen LogP contribution in [0.2, 0.25) is 0 Å². The largest absolute Gasteiger partial charge is 0.453 e. The first-order valence-electron chi connectivity index (χ1n) is 7.03. The number of carbonyl (C=O) groups is 2. The molecule has 1 saturated heterocycles. The van der Waals surface area contributed by atoms with E-state index in [2.05, 4.69) is 4.74 Å². The minimum Gasteiger partial charge on any atom is -0.453 e. The Bertz CT molecular complexity index is 484. The Kier molecular flexibility index (Phi) is 5.16. The van der Waals surface area contributed by atoms with E-state index in [1.54, 1.807) is 9.80 Å². The standard InChI is InChI=1S/C15H21N3O3/c1-21-15(20)18-9-7-17(8-10-18)14(19)13(16)11-12-5-3-2-4-6-12/h2-6,13H,7-11,16H2,1H3. The molecule has 2 amide bonds. The number of methoxy groups -OCH3 is 1. The molecule has 1 aromatic carbocycles. The van der Waals surface area contributed by atoms with Crippen LogP contribution in [0.25, 0.3) is 0 Å². The van der Waals surface area contributed by atoms with Crippen molar-refractivity contribution in [1.29, 1.82) is 0 Å². The lowest BCUT2D eigenvalue weighted by molar-refractivity contribution is -0.134. The van der Waals surface area contributed by atoms with Gasteiger partial charge in [-0.2, -0.15) is 0 Å². The first-order chi connectivity index (χ1) is 10.1. The van der Waals surface area contributed by atoms with E-state index in [1.165, 1.54) is 7.11 Å². The lowest BCUT2D eigenvalue weighted by atomic mass is 10.1. The molecule has 6 nitrogen and oxygen atoms in total. The summed E-state index contributed by atoms with van der Waals surface area (Å²) >= 11 is 0. The second-order valence-corrected chi connectivity index (χ2v) is 5.08. The van der Waals surface area contributed by atoms with Gasteiger partial charge in [0.05, 0.1) is 13.2 Å². The van der Waals surface area contributed by atoms with E-state index >= 15 is 0 Å². The summed E-state index contributed by atoms with van der Waals surface area (Å²) in [5.74, 6) is -0.0663. The van der Waals surface area contributed by atoms with Gasteiger partial charge in [0.2, 0.25) is 5.91 Å². The van der Waals surface area contributed by atoms with Gasteiger partial charge in [0.15, 0.2) is 0 Å². The molecule has 0 radical (unpaired) electrons. The van der Waals surface area contributed by atoms with Crippen molar-refractivity contribution in [2.24, 2.45) is 5.73 Å². The molecule has 1 fully saturated rings. The third-order valence-electron chi connectivity index (χ3n) is 3.64. The Hall–Kier alpha value is -2.08. The Morgan fingerprint density at radius 2 is 1.71 bits per heavy atom. The molecule has 0 aromatic heterocycles. The lowest BCUT2D eigenvalue weighted by Crippen LogP contribution is -2.54.